The second kappa shape index (κ2) is 5.13. The van der Waals surface area contributed by atoms with Crippen LogP contribution in [0, 0.1) is 0 Å². The van der Waals surface area contributed by atoms with E-state index in [4.69, 9.17) is 4.74 Å². The second-order valence-corrected chi connectivity index (χ2v) is 7.61. The van der Waals surface area contributed by atoms with Gasteiger partial charge in [-0.25, -0.2) is 0 Å². The molecule has 0 saturated carbocycles. The first-order valence-electron chi connectivity index (χ1n) is 6.11. The van der Waals surface area contributed by atoms with Crippen molar-refractivity contribution in [2.75, 3.05) is 6.61 Å². The Morgan fingerprint density at radius 1 is 1.30 bits per heavy atom. The molecule has 0 fully saturated rings. The Morgan fingerprint density at radius 3 is 2.50 bits per heavy atom. The number of hydrogen-bond acceptors (Lipinski definition) is 3. The predicted molar refractivity (Wildman–Crippen MR) is 70.7 cm³/mol. The highest BCUT2D eigenvalue weighted by Crippen LogP contribution is 2.38. The van der Waals surface area contributed by atoms with E-state index in [0.717, 1.165) is 12.1 Å². The molecular weight excluding hydrogens is 291 g/mol. The van der Waals surface area contributed by atoms with Crippen LogP contribution < -0.4 is 9.46 Å². The Morgan fingerprint density at radius 2 is 1.95 bits per heavy atom. The highest BCUT2D eigenvalue weighted by Gasteiger charge is 2.37. The van der Waals surface area contributed by atoms with Gasteiger partial charge in [-0.3, -0.25) is 0 Å². The van der Waals surface area contributed by atoms with Gasteiger partial charge >= 0.3 is 6.18 Å². The van der Waals surface area contributed by atoms with Gasteiger partial charge in [0.1, 0.15) is 23.1 Å². The topological polar surface area (TPSA) is 44.3 Å². The Kier molecular flexibility index (Phi) is 3.96. The Hall–Kier alpha value is -0.920. The quantitative estimate of drug-likeness (QED) is 0.853. The molecule has 1 aliphatic rings. The number of halogens is 3. The number of nitrogens with one attached hydrogen (secondary N) is 1. The van der Waals surface area contributed by atoms with Gasteiger partial charge < -0.3 is 9.29 Å². The van der Waals surface area contributed by atoms with Crippen molar-refractivity contribution in [2.24, 2.45) is 0 Å². The van der Waals surface area contributed by atoms with Crippen LogP contribution in [0.4, 0.5) is 13.2 Å². The largest absolute Gasteiger partial charge is 0.598 e. The van der Waals surface area contributed by atoms with E-state index in [1.807, 2.05) is 0 Å². The summed E-state index contributed by atoms with van der Waals surface area (Å²) in [4.78, 5) is 0. The van der Waals surface area contributed by atoms with Crippen molar-refractivity contribution in [3.63, 3.8) is 0 Å². The minimum absolute atomic E-state index is 0.179. The fourth-order valence-electron chi connectivity index (χ4n) is 1.79. The zero-order valence-electron chi connectivity index (χ0n) is 11.4. The van der Waals surface area contributed by atoms with E-state index in [9.17, 15) is 17.7 Å². The Labute approximate surface area is 118 Å². The summed E-state index contributed by atoms with van der Waals surface area (Å²) in [5, 5.41) is 0. The molecular formula is C13H16F3NO2S. The first-order chi connectivity index (χ1) is 9.09. The van der Waals surface area contributed by atoms with E-state index >= 15 is 0 Å². The average Bonchev–Trinajstić information content (AvgIpc) is 2.69. The van der Waals surface area contributed by atoms with Crippen molar-refractivity contribution < 1.29 is 22.5 Å². The number of alkyl halides is 3. The Balaban J connectivity index is 2.23. The van der Waals surface area contributed by atoms with Crippen LogP contribution in [0.25, 0.3) is 0 Å². The van der Waals surface area contributed by atoms with Crippen LogP contribution in [0.3, 0.4) is 0 Å². The van der Waals surface area contributed by atoms with Gasteiger partial charge in [0.2, 0.25) is 0 Å². The van der Waals surface area contributed by atoms with Crippen molar-refractivity contribution in [1.29, 1.82) is 0 Å². The summed E-state index contributed by atoms with van der Waals surface area (Å²) in [5.41, 5.74) is -0.326. The molecule has 20 heavy (non-hydrogen) atoms. The van der Waals surface area contributed by atoms with Gasteiger partial charge in [-0.2, -0.15) is 13.2 Å². The molecule has 7 heteroatoms. The monoisotopic (exact) mass is 307 g/mol. The van der Waals surface area contributed by atoms with Gasteiger partial charge in [-0.15, -0.1) is 4.72 Å². The third-order valence-electron chi connectivity index (χ3n) is 2.92. The van der Waals surface area contributed by atoms with Gasteiger partial charge in [0.15, 0.2) is 0 Å². The maximum Gasteiger partial charge on any atom is 0.416 e. The molecule has 112 valence electrons. The van der Waals surface area contributed by atoms with Crippen molar-refractivity contribution in [1.82, 2.24) is 4.72 Å². The molecule has 1 N–H and O–H groups in total. The third-order valence-corrected chi connectivity index (χ3v) is 4.53. The fraction of sp³-hybridized carbons (Fsp3) is 0.538. The standard InChI is InChI=1S/C13H16F3NO2S/c1-12(2,3)20(18)17-10-7-19-11-5-4-8(6-9(10)11)13(14,15)16/h4-6,10,17H,7H2,1-3H3. The molecule has 2 atom stereocenters. The molecule has 2 unspecified atom stereocenters. The molecule has 1 aromatic carbocycles. The van der Waals surface area contributed by atoms with Crippen LogP contribution in [-0.4, -0.2) is 15.9 Å². The van der Waals surface area contributed by atoms with E-state index in [-0.39, 0.29) is 6.61 Å². The van der Waals surface area contributed by atoms with Crippen molar-refractivity contribution in [2.45, 2.75) is 37.7 Å². The minimum Gasteiger partial charge on any atom is -0.598 e. The van der Waals surface area contributed by atoms with Crippen LogP contribution in [0.5, 0.6) is 5.75 Å². The maximum atomic E-state index is 12.7. The Bertz CT molecular complexity index is 499. The molecule has 0 aliphatic carbocycles. The summed E-state index contributed by atoms with van der Waals surface area (Å²) in [6.45, 7) is 5.55. The van der Waals surface area contributed by atoms with Crippen LogP contribution in [0.2, 0.25) is 0 Å². The summed E-state index contributed by atoms with van der Waals surface area (Å²) in [6, 6.07) is 2.86. The average molecular weight is 307 g/mol. The van der Waals surface area contributed by atoms with Crippen molar-refractivity contribution in [3.8, 4) is 5.75 Å². The van der Waals surface area contributed by atoms with Gasteiger partial charge in [0.25, 0.3) is 0 Å². The first-order valence-corrected chi connectivity index (χ1v) is 7.26. The summed E-state index contributed by atoms with van der Waals surface area (Å²) in [6.07, 6.45) is -4.40. The van der Waals surface area contributed by atoms with Crippen LogP contribution in [0.15, 0.2) is 18.2 Å². The number of ether oxygens (including phenoxy) is 1. The molecule has 1 aliphatic heterocycles. The zero-order chi connectivity index (χ0) is 15.1. The third kappa shape index (κ3) is 3.21. The molecule has 1 aromatic rings. The minimum atomic E-state index is -4.40. The molecule has 2 rings (SSSR count). The summed E-state index contributed by atoms with van der Waals surface area (Å²) in [5.74, 6) is 0.404. The fourth-order valence-corrected chi connectivity index (χ4v) is 2.60. The number of benzene rings is 1. The van der Waals surface area contributed by atoms with Gasteiger partial charge in [-0.1, -0.05) is 0 Å². The van der Waals surface area contributed by atoms with Gasteiger partial charge in [0, 0.05) is 16.9 Å². The predicted octanol–water partition coefficient (Wildman–Crippen LogP) is 3.19. The molecule has 0 saturated heterocycles. The number of hydrogen-bond donors (Lipinski definition) is 1. The van der Waals surface area contributed by atoms with E-state index in [1.54, 1.807) is 20.8 Å². The number of fused-ring (bicyclic) bond motifs is 1. The van der Waals surface area contributed by atoms with Crippen molar-refractivity contribution >= 4 is 11.4 Å². The van der Waals surface area contributed by atoms with Crippen molar-refractivity contribution in [3.05, 3.63) is 29.3 Å². The second-order valence-electron chi connectivity index (χ2n) is 5.61. The van der Waals surface area contributed by atoms with E-state index in [0.29, 0.717) is 11.3 Å². The molecule has 0 aromatic heterocycles. The van der Waals surface area contributed by atoms with Crippen LogP contribution in [0.1, 0.15) is 37.9 Å². The van der Waals surface area contributed by atoms with E-state index in [2.05, 4.69) is 4.72 Å². The smallest absolute Gasteiger partial charge is 0.416 e. The van der Waals surface area contributed by atoms with E-state index in [1.165, 1.54) is 6.07 Å². The van der Waals surface area contributed by atoms with Crippen LogP contribution >= 0.6 is 0 Å². The first kappa shape index (κ1) is 15.5. The summed E-state index contributed by atoms with van der Waals surface area (Å²) >= 11 is -1.37. The molecule has 0 bridgehead atoms. The lowest BCUT2D eigenvalue weighted by Crippen LogP contribution is -2.41. The van der Waals surface area contributed by atoms with E-state index < -0.39 is 33.9 Å². The lowest BCUT2D eigenvalue weighted by atomic mass is 10.1. The van der Waals surface area contributed by atoms with Crippen LogP contribution in [-0.2, 0) is 17.5 Å². The molecule has 0 radical (unpaired) electrons. The van der Waals surface area contributed by atoms with Gasteiger partial charge in [0.05, 0.1) is 5.56 Å². The molecule has 1 heterocycles. The highest BCUT2D eigenvalue weighted by atomic mass is 32.2. The molecule has 3 nitrogen and oxygen atoms in total. The zero-order valence-corrected chi connectivity index (χ0v) is 12.2. The summed E-state index contributed by atoms with van der Waals surface area (Å²) in [7, 11) is 0. The van der Waals surface area contributed by atoms with Gasteiger partial charge in [-0.05, 0) is 39.0 Å². The SMILES string of the molecule is CC(C)(C)[S+]([O-])NC1COc2ccc(C(F)(F)F)cc21. The molecule has 0 amide bonds. The highest BCUT2D eigenvalue weighted by molar-refractivity contribution is 7.90. The lowest BCUT2D eigenvalue weighted by molar-refractivity contribution is -0.137. The normalized spacial score (nSPS) is 20.4. The lowest BCUT2D eigenvalue weighted by Gasteiger charge is -2.26. The maximum absolute atomic E-state index is 12.7. The summed E-state index contributed by atoms with van der Waals surface area (Å²) < 4.78 is 57.8. The number of rotatable bonds is 2. The molecule has 0 spiro atoms.